The molecule has 2 aromatic carbocycles. The number of carbonyl (C=O) groups excluding carboxylic acids is 1. The number of carbonyl (C=O) groups is 1. The van der Waals surface area contributed by atoms with E-state index in [0.717, 1.165) is 18.2 Å². The van der Waals surface area contributed by atoms with E-state index in [-0.39, 0.29) is 6.03 Å². The van der Waals surface area contributed by atoms with E-state index in [1.165, 1.54) is 18.4 Å². The van der Waals surface area contributed by atoms with Crippen molar-refractivity contribution in [1.82, 2.24) is 4.90 Å². The lowest BCUT2D eigenvalue weighted by Crippen LogP contribution is -2.39. The summed E-state index contributed by atoms with van der Waals surface area (Å²) in [5.74, 6) is 1.96. The van der Waals surface area contributed by atoms with Crippen LogP contribution in [0.5, 0.6) is 0 Å². The Labute approximate surface area is 149 Å². The first-order valence-corrected chi connectivity index (χ1v) is 9.11. The molecule has 2 bridgehead atoms. The average molecular weight is 332 g/mol. The van der Waals surface area contributed by atoms with Crippen molar-refractivity contribution in [3.05, 3.63) is 78.4 Å². The van der Waals surface area contributed by atoms with Crippen molar-refractivity contribution in [3.63, 3.8) is 0 Å². The van der Waals surface area contributed by atoms with E-state index in [0.29, 0.717) is 18.4 Å². The predicted molar refractivity (Wildman–Crippen MR) is 101 cm³/mol. The third kappa shape index (κ3) is 3.76. The van der Waals surface area contributed by atoms with Crippen LogP contribution in [0.3, 0.4) is 0 Å². The first kappa shape index (κ1) is 15.9. The number of hydrogen-bond acceptors (Lipinski definition) is 1. The molecule has 3 heteroatoms. The van der Waals surface area contributed by atoms with Crippen LogP contribution in [-0.4, -0.2) is 17.5 Å². The molecule has 0 heterocycles. The zero-order valence-corrected chi connectivity index (χ0v) is 14.3. The number of amides is 2. The molecule has 0 aliphatic heterocycles. The van der Waals surface area contributed by atoms with E-state index in [9.17, 15) is 4.79 Å². The van der Waals surface area contributed by atoms with Gasteiger partial charge in [0, 0.05) is 18.8 Å². The fourth-order valence-corrected chi connectivity index (χ4v) is 4.13. The standard InChI is InChI=1S/C22H24N2O/c25-22(23-21-9-5-2-6-10-21)24(15-17-7-3-1-4-8-17)16-20-14-18-11-12-19(20)13-18/h1-12,18-20H,13-16H2,(H,23,25)/t18-,19+,20+/m0/s1. The number of nitrogens with zero attached hydrogens (tertiary/aromatic N) is 1. The molecule has 0 aromatic heterocycles. The highest BCUT2D eigenvalue weighted by Gasteiger charge is 2.37. The molecule has 1 fully saturated rings. The maximum Gasteiger partial charge on any atom is 0.322 e. The highest BCUT2D eigenvalue weighted by molar-refractivity contribution is 5.89. The topological polar surface area (TPSA) is 32.3 Å². The number of fused-ring (bicyclic) bond motifs is 2. The van der Waals surface area contributed by atoms with Crippen LogP contribution in [0.15, 0.2) is 72.8 Å². The van der Waals surface area contributed by atoms with Crippen LogP contribution >= 0.6 is 0 Å². The van der Waals surface area contributed by atoms with E-state index in [1.54, 1.807) is 0 Å². The summed E-state index contributed by atoms with van der Waals surface area (Å²) in [5.41, 5.74) is 2.02. The first-order chi connectivity index (χ1) is 12.3. The lowest BCUT2D eigenvalue weighted by molar-refractivity contribution is 0.192. The second-order valence-corrected chi connectivity index (χ2v) is 7.20. The molecule has 0 unspecified atom stereocenters. The molecule has 25 heavy (non-hydrogen) atoms. The smallest absolute Gasteiger partial charge is 0.320 e. The molecule has 0 saturated heterocycles. The van der Waals surface area contributed by atoms with E-state index >= 15 is 0 Å². The lowest BCUT2D eigenvalue weighted by Gasteiger charge is -2.29. The summed E-state index contributed by atoms with van der Waals surface area (Å²) < 4.78 is 0. The van der Waals surface area contributed by atoms with Crippen molar-refractivity contribution in [1.29, 1.82) is 0 Å². The number of nitrogens with one attached hydrogen (secondary N) is 1. The first-order valence-electron chi connectivity index (χ1n) is 9.11. The van der Waals surface area contributed by atoms with Crippen LogP contribution in [0.1, 0.15) is 18.4 Å². The summed E-state index contributed by atoms with van der Waals surface area (Å²) in [6.07, 6.45) is 7.19. The zero-order valence-electron chi connectivity index (χ0n) is 14.3. The Morgan fingerprint density at radius 2 is 1.68 bits per heavy atom. The third-order valence-corrected chi connectivity index (χ3v) is 5.40. The van der Waals surface area contributed by atoms with Gasteiger partial charge in [-0.1, -0.05) is 60.7 Å². The minimum atomic E-state index is -0.0122. The second-order valence-electron chi connectivity index (χ2n) is 7.20. The van der Waals surface area contributed by atoms with E-state index < -0.39 is 0 Å². The Balaban J connectivity index is 1.48. The van der Waals surface area contributed by atoms with Crippen LogP contribution in [0, 0.1) is 17.8 Å². The van der Waals surface area contributed by atoms with Crippen LogP contribution in [-0.2, 0) is 6.54 Å². The summed E-state index contributed by atoms with van der Waals surface area (Å²) >= 11 is 0. The molecule has 2 aliphatic carbocycles. The largest absolute Gasteiger partial charge is 0.322 e. The molecule has 0 radical (unpaired) electrons. The van der Waals surface area contributed by atoms with Crippen molar-refractivity contribution >= 4 is 11.7 Å². The Morgan fingerprint density at radius 3 is 2.32 bits per heavy atom. The molecule has 2 aromatic rings. The van der Waals surface area contributed by atoms with E-state index in [1.807, 2.05) is 53.4 Å². The number of urea groups is 1. The number of para-hydroxylation sites is 1. The van der Waals surface area contributed by atoms with Crippen LogP contribution in [0.25, 0.3) is 0 Å². The van der Waals surface area contributed by atoms with Gasteiger partial charge in [-0.15, -0.1) is 0 Å². The Bertz CT molecular complexity index is 741. The van der Waals surface area contributed by atoms with Crippen molar-refractivity contribution in [2.75, 3.05) is 11.9 Å². The molecule has 4 rings (SSSR count). The van der Waals surface area contributed by atoms with Gasteiger partial charge in [0.25, 0.3) is 0 Å². The fourth-order valence-electron chi connectivity index (χ4n) is 4.13. The molecule has 1 N–H and O–H groups in total. The minimum absolute atomic E-state index is 0.0122. The summed E-state index contributed by atoms with van der Waals surface area (Å²) in [6.45, 7) is 1.47. The van der Waals surface area contributed by atoms with Gasteiger partial charge in [-0.05, 0) is 48.3 Å². The third-order valence-electron chi connectivity index (χ3n) is 5.40. The molecule has 128 valence electrons. The van der Waals surface area contributed by atoms with Crippen molar-refractivity contribution in [2.45, 2.75) is 19.4 Å². The SMILES string of the molecule is O=C(Nc1ccccc1)N(Cc1ccccc1)C[C@H]1C[C@H]2C=C[C@@H]1C2. The molecule has 1 saturated carbocycles. The highest BCUT2D eigenvalue weighted by atomic mass is 16.2. The van der Waals surface area contributed by atoms with Gasteiger partial charge in [0.1, 0.15) is 0 Å². The highest BCUT2D eigenvalue weighted by Crippen LogP contribution is 2.43. The predicted octanol–water partition coefficient (Wildman–Crippen LogP) is 4.93. The number of rotatable bonds is 5. The minimum Gasteiger partial charge on any atom is -0.320 e. The van der Waals surface area contributed by atoms with Gasteiger partial charge in [0.2, 0.25) is 0 Å². The average Bonchev–Trinajstić information content (AvgIpc) is 3.26. The number of benzene rings is 2. The summed E-state index contributed by atoms with van der Waals surface area (Å²) in [7, 11) is 0. The summed E-state index contributed by atoms with van der Waals surface area (Å²) in [6, 6.07) is 19.9. The van der Waals surface area contributed by atoms with Gasteiger partial charge in [-0.2, -0.15) is 0 Å². The monoisotopic (exact) mass is 332 g/mol. The van der Waals surface area contributed by atoms with E-state index in [2.05, 4.69) is 29.6 Å². The number of anilines is 1. The van der Waals surface area contributed by atoms with Gasteiger partial charge in [0.05, 0.1) is 0 Å². The van der Waals surface area contributed by atoms with Gasteiger partial charge in [-0.3, -0.25) is 0 Å². The molecular weight excluding hydrogens is 308 g/mol. The second kappa shape index (κ2) is 7.14. The molecule has 0 spiro atoms. The molecule has 2 amide bonds. The van der Waals surface area contributed by atoms with Crippen LogP contribution < -0.4 is 5.32 Å². The lowest BCUT2D eigenvalue weighted by atomic mass is 9.93. The maximum atomic E-state index is 12.9. The van der Waals surface area contributed by atoms with Gasteiger partial charge in [-0.25, -0.2) is 4.79 Å². The number of hydrogen-bond donors (Lipinski definition) is 1. The van der Waals surface area contributed by atoms with Gasteiger partial charge < -0.3 is 10.2 Å². The molecular formula is C22H24N2O. The number of allylic oxidation sites excluding steroid dienone is 2. The molecule has 3 atom stereocenters. The Morgan fingerprint density at radius 1 is 0.960 bits per heavy atom. The normalized spacial score (nSPS) is 23.6. The summed E-state index contributed by atoms with van der Waals surface area (Å²) in [5, 5.41) is 3.05. The maximum absolute atomic E-state index is 12.9. The Kier molecular flexibility index (Phi) is 4.55. The van der Waals surface area contributed by atoms with Gasteiger partial charge >= 0.3 is 6.03 Å². The van der Waals surface area contributed by atoms with Crippen molar-refractivity contribution in [3.8, 4) is 0 Å². The van der Waals surface area contributed by atoms with Crippen LogP contribution in [0.4, 0.5) is 10.5 Å². The molecule has 2 aliphatic rings. The van der Waals surface area contributed by atoms with E-state index in [4.69, 9.17) is 0 Å². The zero-order chi connectivity index (χ0) is 17.1. The van der Waals surface area contributed by atoms with Crippen LogP contribution in [0.2, 0.25) is 0 Å². The van der Waals surface area contributed by atoms with Gasteiger partial charge in [0.15, 0.2) is 0 Å². The fraction of sp³-hybridized carbons (Fsp3) is 0.318. The summed E-state index contributed by atoms with van der Waals surface area (Å²) in [4.78, 5) is 14.9. The Hall–Kier alpha value is -2.55. The quantitative estimate of drug-likeness (QED) is 0.773. The molecule has 3 nitrogen and oxygen atoms in total. The van der Waals surface area contributed by atoms with Crippen molar-refractivity contribution in [2.24, 2.45) is 17.8 Å². The van der Waals surface area contributed by atoms with Crippen molar-refractivity contribution < 1.29 is 4.79 Å².